The topological polar surface area (TPSA) is 132 Å². The van der Waals surface area contributed by atoms with Crippen LogP contribution < -0.4 is 0 Å². The van der Waals surface area contributed by atoms with Crippen molar-refractivity contribution in [3.05, 3.63) is 0 Å². The van der Waals surface area contributed by atoms with Crippen LogP contribution in [0, 0.1) is 0 Å². The molecule has 0 fully saturated rings. The Morgan fingerprint density at radius 2 is 1.89 bits per heavy atom. The first-order valence-electron chi connectivity index (χ1n) is 4.89. The molecule has 2 heterocycles. The van der Waals surface area contributed by atoms with Gasteiger partial charge in [-0.2, -0.15) is 18.4 Å². The summed E-state index contributed by atoms with van der Waals surface area (Å²) in [5.74, 6) is -1.48. The molecule has 2 amide bonds. The lowest BCUT2D eigenvalue weighted by Gasteiger charge is -2.12. The summed E-state index contributed by atoms with van der Waals surface area (Å²) < 4.78 is 38.8. The van der Waals surface area contributed by atoms with Crippen LogP contribution in [-0.2, 0) is 28.9 Å². The molecule has 2 aliphatic rings. The minimum atomic E-state index is -4.78. The van der Waals surface area contributed by atoms with Crippen molar-refractivity contribution in [1.29, 1.82) is 0 Å². The molecule has 0 bridgehead atoms. The minimum absolute atomic E-state index is 0.0892. The third-order valence-corrected chi connectivity index (χ3v) is 2.52. The Morgan fingerprint density at radius 3 is 2.44 bits per heavy atom. The Bertz CT molecular complexity index is 562. The molecule has 0 aromatic rings. The second kappa shape index (κ2) is 4.46. The molecule has 2 rings (SSSR count). The number of nitrogens with zero attached hydrogens (tertiary/aromatic N) is 2. The quantitative estimate of drug-likeness (QED) is 0.655. The molecule has 1 unspecified atom stereocenters. The van der Waals surface area contributed by atoms with E-state index in [-0.39, 0.29) is 31.1 Å². The SMILES string of the molecule is O=C1CCC(OC2CC(=O)N=C2OS(=O)(=O)O)=N1. The Kier molecular flexibility index (Phi) is 3.13. The van der Waals surface area contributed by atoms with Gasteiger partial charge in [0.05, 0.1) is 6.42 Å². The number of carbonyl (C=O) groups is 2. The lowest BCUT2D eigenvalue weighted by molar-refractivity contribution is -0.118. The van der Waals surface area contributed by atoms with Gasteiger partial charge in [-0.1, -0.05) is 0 Å². The standard InChI is InChI=1S/C8H8N2O7S/c11-5-1-2-7(9-5)16-4-3-6(12)10-8(4)17-18(13,14)15/h4H,1-3H2,(H,13,14,15). The van der Waals surface area contributed by atoms with Gasteiger partial charge in [0.25, 0.3) is 11.8 Å². The number of aliphatic imine (C=N–C) groups is 2. The molecule has 0 radical (unpaired) electrons. The predicted molar refractivity (Wildman–Crippen MR) is 56.2 cm³/mol. The largest absolute Gasteiger partial charge is 0.467 e. The second-order valence-corrected chi connectivity index (χ2v) is 4.59. The Morgan fingerprint density at radius 1 is 1.17 bits per heavy atom. The maximum absolute atomic E-state index is 11.1. The van der Waals surface area contributed by atoms with Crippen LogP contribution in [0.1, 0.15) is 19.3 Å². The zero-order valence-corrected chi connectivity index (χ0v) is 9.71. The average molecular weight is 276 g/mol. The van der Waals surface area contributed by atoms with Crippen LogP contribution in [0.2, 0.25) is 0 Å². The van der Waals surface area contributed by atoms with Gasteiger partial charge in [-0.3, -0.25) is 14.1 Å². The summed E-state index contributed by atoms with van der Waals surface area (Å²) in [6.45, 7) is 0. The van der Waals surface area contributed by atoms with Crippen molar-refractivity contribution in [2.45, 2.75) is 25.4 Å². The van der Waals surface area contributed by atoms with E-state index in [1.54, 1.807) is 0 Å². The molecule has 0 saturated heterocycles. The van der Waals surface area contributed by atoms with Crippen molar-refractivity contribution in [2.75, 3.05) is 0 Å². The summed E-state index contributed by atoms with van der Waals surface area (Å²) in [7, 11) is -4.78. The Labute approximate surface area is 101 Å². The monoisotopic (exact) mass is 276 g/mol. The van der Waals surface area contributed by atoms with Gasteiger partial charge in [-0.25, -0.2) is 0 Å². The van der Waals surface area contributed by atoms with Crippen LogP contribution in [0.25, 0.3) is 0 Å². The van der Waals surface area contributed by atoms with Crippen LogP contribution in [0.5, 0.6) is 0 Å². The minimum Gasteiger partial charge on any atom is -0.467 e. The van der Waals surface area contributed by atoms with Gasteiger partial charge in [0.2, 0.25) is 5.91 Å². The number of hydrogen-bond donors (Lipinski definition) is 1. The molecule has 9 nitrogen and oxygen atoms in total. The molecular formula is C8H8N2O7S. The van der Waals surface area contributed by atoms with Gasteiger partial charge >= 0.3 is 10.4 Å². The molecule has 0 aliphatic carbocycles. The molecule has 0 spiro atoms. The van der Waals surface area contributed by atoms with Crippen molar-refractivity contribution in [1.82, 2.24) is 0 Å². The zero-order valence-electron chi connectivity index (χ0n) is 8.90. The highest BCUT2D eigenvalue weighted by molar-refractivity contribution is 7.81. The predicted octanol–water partition coefficient (Wildman–Crippen LogP) is -0.761. The normalized spacial score (nSPS) is 23.9. The summed E-state index contributed by atoms with van der Waals surface area (Å²) in [5, 5.41) is 0. The summed E-state index contributed by atoms with van der Waals surface area (Å²) >= 11 is 0. The fraction of sp³-hybridized carbons (Fsp3) is 0.500. The van der Waals surface area contributed by atoms with Gasteiger partial charge in [-0.15, -0.1) is 0 Å². The molecule has 0 aromatic carbocycles. The summed E-state index contributed by atoms with van der Waals surface area (Å²) in [6.07, 6.45) is -0.869. The average Bonchev–Trinajstić information content (AvgIpc) is 2.72. The van der Waals surface area contributed by atoms with Crippen LogP contribution in [0.4, 0.5) is 0 Å². The van der Waals surface area contributed by atoms with E-state index in [9.17, 15) is 18.0 Å². The van der Waals surface area contributed by atoms with E-state index in [4.69, 9.17) is 9.29 Å². The summed E-state index contributed by atoms with van der Waals surface area (Å²) in [5.41, 5.74) is 0. The number of amides is 2. The molecule has 10 heteroatoms. The van der Waals surface area contributed by atoms with Crippen LogP contribution in [0.15, 0.2) is 9.98 Å². The van der Waals surface area contributed by atoms with Gasteiger partial charge in [0.1, 0.15) is 0 Å². The number of carbonyl (C=O) groups excluding carboxylic acids is 2. The van der Waals surface area contributed by atoms with Gasteiger partial charge in [0, 0.05) is 12.8 Å². The molecule has 0 aromatic heterocycles. The summed E-state index contributed by atoms with van der Waals surface area (Å²) in [6, 6.07) is 0. The fourth-order valence-electron chi connectivity index (χ4n) is 1.47. The number of hydrogen-bond acceptors (Lipinski definition) is 6. The summed E-state index contributed by atoms with van der Waals surface area (Å²) in [4.78, 5) is 28.7. The molecule has 18 heavy (non-hydrogen) atoms. The van der Waals surface area contributed by atoms with E-state index in [1.807, 2.05) is 0 Å². The number of ether oxygens (including phenoxy) is 1. The highest BCUT2D eigenvalue weighted by Crippen LogP contribution is 2.18. The van der Waals surface area contributed by atoms with Crippen molar-refractivity contribution >= 4 is 34.0 Å². The molecule has 1 atom stereocenters. The second-order valence-electron chi connectivity index (χ2n) is 3.56. The smallest absolute Gasteiger partial charge is 0.447 e. The van der Waals surface area contributed by atoms with E-state index in [1.165, 1.54) is 0 Å². The van der Waals surface area contributed by atoms with Gasteiger partial charge in [-0.05, 0) is 0 Å². The van der Waals surface area contributed by atoms with Crippen molar-refractivity contribution in [3.8, 4) is 0 Å². The van der Waals surface area contributed by atoms with E-state index < -0.39 is 28.3 Å². The first kappa shape index (κ1) is 12.6. The third kappa shape index (κ3) is 3.11. The maximum atomic E-state index is 11.1. The lowest BCUT2D eigenvalue weighted by Crippen LogP contribution is -2.27. The third-order valence-electron chi connectivity index (χ3n) is 2.14. The highest BCUT2D eigenvalue weighted by atomic mass is 32.3. The number of rotatable bonds is 2. The van der Waals surface area contributed by atoms with Gasteiger partial charge in [0.15, 0.2) is 12.0 Å². The van der Waals surface area contributed by atoms with Crippen LogP contribution >= 0.6 is 0 Å². The Balaban J connectivity index is 2.08. The molecular weight excluding hydrogens is 268 g/mol. The van der Waals surface area contributed by atoms with Crippen LogP contribution in [-0.4, -0.2) is 42.7 Å². The fourth-order valence-corrected chi connectivity index (χ4v) is 1.83. The van der Waals surface area contributed by atoms with Crippen molar-refractivity contribution < 1.29 is 31.5 Å². The van der Waals surface area contributed by atoms with Crippen LogP contribution in [0.3, 0.4) is 0 Å². The zero-order chi connectivity index (χ0) is 13.3. The van der Waals surface area contributed by atoms with Gasteiger partial charge < -0.3 is 8.92 Å². The van der Waals surface area contributed by atoms with Crippen molar-refractivity contribution in [2.24, 2.45) is 9.98 Å². The van der Waals surface area contributed by atoms with E-state index in [0.717, 1.165) is 0 Å². The van der Waals surface area contributed by atoms with E-state index in [0.29, 0.717) is 0 Å². The molecule has 98 valence electrons. The van der Waals surface area contributed by atoms with E-state index in [2.05, 4.69) is 14.2 Å². The van der Waals surface area contributed by atoms with E-state index >= 15 is 0 Å². The lowest BCUT2D eigenvalue weighted by atomic mass is 10.3. The van der Waals surface area contributed by atoms with Crippen molar-refractivity contribution in [3.63, 3.8) is 0 Å². The Hall–Kier alpha value is -1.81. The molecule has 2 aliphatic heterocycles. The molecule has 0 saturated carbocycles. The highest BCUT2D eigenvalue weighted by Gasteiger charge is 2.35. The first-order valence-corrected chi connectivity index (χ1v) is 6.25. The molecule has 1 N–H and O–H groups in total. The maximum Gasteiger partial charge on any atom is 0.447 e. The first-order chi connectivity index (χ1) is 8.33.